The molecule has 72 valence electrons. The zero-order valence-corrected chi connectivity index (χ0v) is 9.04. The molecule has 0 fully saturated rings. The van der Waals surface area contributed by atoms with Gasteiger partial charge in [0.25, 0.3) is 0 Å². The second kappa shape index (κ2) is 5.21. The lowest BCUT2D eigenvalue weighted by Crippen LogP contribution is -2.36. The van der Waals surface area contributed by atoms with Crippen molar-refractivity contribution in [3.63, 3.8) is 0 Å². The van der Waals surface area contributed by atoms with E-state index in [1.165, 1.54) is 0 Å². The number of nitrogens with two attached hydrogens (primary N) is 1. The van der Waals surface area contributed by atoms with Gasteiger partial charge in [-0.2, -0.15) is 0 Å². The molecule has 1 aromatic rings. The highest BCUT2D eigenvalue weighted by Gasteiger charge is 2.02. The van der Waals surface area contributed by atoms with E-state index in [2.05, 4.69) is 21.4 Å². The van der Waals surface area contributed by atoms with E-state index < -0.39 is 0 Å². The van der Waals surface area contributed by atoms with Crippen LogP contribution in [0, 0.1) is 0 Å². The van der Waals surface area contributed by atoms with Crippen molar-refractivity contribution in [3.8, 4) is 5.75 Å². The topological polar surface area (TPSA) is 47.3 Å². The fourth-order valence-corrected chi connectivity index (χ4v) is 1.22. The Balaban J connectivity index is 2.50. The Morgan fingerprint density at radius 2 is 2.23 bits per heavy atom. The summed E-state index contributed by atoms with van der Waals surface area (Å²) in [4.78, 5) is 0. The first kappa shape index (κ1) is 10.5. The molecule has 1 aromatic carbocycles. The van der Waals surface area contributed by atoms with Gasteiger partial charge in [0.2, 0.25) is 0 Å². The van der Waals surface area contributed by atoms with Crippen LogP contribution in [0.4, 0.5) is 0 Å². The van der Waals surface area contributed by atoms with E-state index in [0.29, 0.717) is 6.61 Å². The molecule has 0 bridgehead atoms. The van der Waals surface area contributed by atoms with Gasteiger partial charge in [-0.3, -0.25) is 11.3 Å². The molecule has 0 aliphatic heterocycles. The Morgan fingerprint density at radius 1 is 1.54 bits per heavy atom. The molecule has 1 rings (SSSR count). The highest BCUT2D eigenvalue weighted by Crippen LogP contribution is 2.23. The second-order valence-electron chi connectivity index (χ2n) is 2.81. The maximum Gasteiger partial charge on any atom is 0.133 e. The smallest absolute Gasteiger partial charge is 0.133 e. The summed E-state index contributed by atoms with van der Waals surface area (Å²) >= 11 is 3.39. The Morgan fingerprint density at radius 3 is 2.85 bits per heavy atom. The third-order valence-electron chi connectivity index (χ3n) is 1.61. The molecule has 0 amide bonds. The molecule has 0 aliphatic rings. The molecule has 0 saturated heterocycles. The SMILES string of the molecule is CC(COc1ccccc1Br)NN. The number of hydrogen-bond acceptors (Lipinski definition) is 3. The molecule has 1 atom stereocenters. The summed E-state index contributed by atoms with van der Waals surface area (Å²) in [6.45, 7) is 2.51. The van der Waals surface area contributed by atoms with Crippen LogP contribution in [0.3, 0.4) is 0 Å². The number of rotatable bonds is 4. The summed E-state index contributed by atoms with van der Waals surface area (Å²) in [5, 5.41) is 0. The molecule has 0 radical (unpaired) electrons. The normalized spacial score (nSPS) is 12.5. The lowest BCUT2D eigenvalue weighted by molar-refractivity contribution is 0.273. The van der Waals surface area contributed by atoms with E-state index in [-0.39, 0.29) is 6.04 Å². The van der Waals surface area contributed by atoms with E-state index in [1.54, 1.807) is 0 Å². The van der Waals surface area contributed by atoms with E-state index in [1.807, 2.05) is 31.2 Å². The lowest BCUT2D eigenvalue weighted by Gasteiger charge is -2.12. The fraction of sp³-hybridized carbons (Fsp3) is 0.333. The zero-order valence-electron chi connectivity index (χ0n) is 7.46. The maximum atomic E-state index is 5.50. The first-order valence-electron chi connectivity index (χ1n) is 4.07. The van der Waals surface area contributed by atoms with E-state index >= 15 is 0 Å². The van der Waals surface area contributed by atoms with Crippen LogP contribution in [0.25, 0.3) is 0 Å². The summed E-state index contributed by atoms with van der Waals surface area (Å²) in [6.07, 6.45) is 0. The minimum Gasteiger partial charge on any atom is -0.491 e. The Kier molecular flexibility index (Phi) is 4.21. The third-order valence-corrected chi connectivity index (χ3v) is 2.27. The van der Waals surface area contributed by atoms with Crippen LogP contribution >= 0.6 is 15.9 Å². The quantitative estimate of drug-likeness (QED) is 0.626. The molecule has 0 aliphatic carbocycles. The van der Waals surface area contributed by atoms with Crippen molar-refractivity contribution in [1.29, 1.82) is 0 Å². The van der Waals surface area contributed by atoms with E-state index in [4.69, 9.17) is 10.6 Å². The first-order valence-corrected chi connectivity index (χ1v) is 4.87. The maximum absolute atomic E-state index is 5.50. The number of hydrazine groups is 1. The van der Waals surface area contributed by atoms with Crippen LogP contribution in [-0.4, -0.2) is 12.6 Å². The van der Waals surface area contributed by atoms with Crippen molar-refractivity contribution >= 4 is 15.9 Å². The molecular weight excluding hydrogens is 232 g/mol. The van der Waals surface area contributed by atoms with Gasteiger partial charge in [0.15, 0.2) is 0 Å². The van der Waals surface area contributed by atoms with Gasteiger partial charge in [-0.05, 0) is 35.0 Å². The predicted octanol–water partition coefficient (Wildman–Crippen LogP) is 1.68. The average Bonchev–Trinajstić information content (AvgIpc) is 2.16. The van der Waals surface area contributed by atoms with Gasteiger partial charge >= 0.3 is 0 Å². The van der Waals surface area contributed by atoms with Crippen LogP contribution < -0.4 is 16.0 Å². The van der Waals surface area contributed by atoms with Crippen molar-refractivity contribution in [1.82, 2.24) is 5.43 Å². The Labute approximate surface area is 86.4 Å². The monoisotopic (exact) mass is 244 g/mol. The van der Waals surface area contributed by atoms with Gasteiger partial charge in [0, 0.05) is 0 Å². The Hall–Kier alpha value is -0.580. The van der Waals surface area contributed by atoms with Crippen molar-refractivity contribution in [3.05, 3.63) is 28.7 Å². The van der Waals surface area contributed by atoms with Crippen LogP contribution in [-0.2, 0) is 0 Å². The lowest BCUT2D eigenvalue weighted by atomic mass is 10.3. The molecule has 0 spiro atoms. The number of para-hydroxylation sites is 1. The fourth-order valence-electron chi connectivity index (χ4n) is 0.825. The molecule has 3 N–H and O–H groups in total. The average molecular weight is 245 g/mol. The van der Waals surface area contributed by atoms with Gasteiger partial charge in [0.05, 0.1) is 10.5 Å². The molecule has 0 aromatic heterocycles. The Bertz CT molecular complexity index is 268. The minimum absolute atomic E-state index is 0.145. The predicted molar refractivity (Wildman–Crippen MR) is 56.4 cm³/mol. The largest absolute Gasteiger partial charge is 0.491 e. The van der Waals surface area contributed by atoms with Crippen LogP contribution in [0.2, 0.25) is 0 Å². The van der Waals surface area contributed by atoms with Crippen molar-refractivity contribution < 1.29 is 4.74 Å². The van der Waals surface area contributed by atoms with Crippen LogP contribution in [0.1, 0.15) is 6.92 Å². The van der Waals surface area contributed by atoms with E-state index in [9.17, 15) is 0 Å². The number of halogens is 1. The number of hydrogen-bond donors (Lipinski definition) is 2. The molecular formula is C9H13BrN2O. The first-order chi connectivity index (χ1) is 6.24. The summed E-state index contributed by atoms with van der Waals surface area (Å²) in [6, 6.07) is 7.87. The number of ether oxygens (including phenoxy) is 1. The van der Waals surface area contributed by atoms with Crippen LogP contribution in [0.5, 0.6) is 5.75 Å². The van der Waals surface area contributed by atoms with Gasteiger partial charge in [-0.15, -0.1) is 0 Å². The molecule has 4 heteroatoms. The molecule has 13 heavy (non-hydrogen) atoms. The highest BCUT2D eigenvalue weighted by molar-refractivity contribution is 9.10. The summed E-state index contributed by atoms with van der Waals surface area (Å²) in [7, 11) is 0. The van der Waals surface area contributed by atoms with Gasteiger partial charge < -0.3 is 4.74 Å². The van der Waals surface area contributed by atoms with Gasteiger partial charge in [-0.1, -0.05) is 12.1 Å². The third kappa shape index (κ3) is 3.34. The summed E-state index contributed by atoms with van der Waals surface area (Å²) in [5.74, 6) is 6.07. The molecule has 3 nitrogen and oxygen atoms in total. The number of benzene rings is 1. The van der Waals surface area contributed by atoms with Gasteiger partial charge in [-0.25, -0.2) is 0 Å². The van der Waals surface area contributed by atoms with Gasteiger partial charge in [0.1, 0.15) is 12.4 Å². The number of nitrogens with one attached hydrogen (secondary N) is 1. The second-order valence-corrected chi connectivity index (χ2v) is 3.66. The van der Waals surface area contributed by atoms with Crippen molar-refractivity contribution in [2.75, 3.05) is 6.61 Å². The highest BCUT2D eigenvalue weighted by atomic mass is 79.9. The summed E-state index contributed by atoms with van der Waals surface area (Å²) in [5.41, 5.74) is 2.61. The molecule has 1 unspecified atom stereocenters. The molecule has 0 saturated carbocycles. The zero-order chi connectivity index (χ0) is 9.68. The van der Waals surface area contributed by atoms with E-state index in [0.717, 1.165) is 10.2 Å². The minimum atomic E-state index is 0.145. The molecule has 0 heterocycles. The summed E-state index contributed by atoms with van der Waals surface area (Å²) < 4.78 is 6.46. The van der Waals surface area contributed by atoms with Crippen molar-refractivity contribution in [2.24, 2.45) is 5.84 Å². The van der Waals surface area contributed by atoms with Crippen molar-refractivity contribution in [2.45, 2.75) is 13.0 Å². The standard InChI is InChI=1S/C9H13BrN2O/c1-7(12-11)6-13-9-5-3-2-4-8(9)10/h2-5,7,12H,6,11H2,1H3. The van der Waals surface area contributed by atoms with Crippen LogP contribution in [0.15, 0.2) is 28.7 Å².